The van der Waals surface area contributed by atoms with Gasteiger partial charge in [-0.15, -0.1) is 24.0 Å². The van der Waals surface area contributed by atoms with Gasteiger partial charge in [0.1, 0.15) is 5.82 Å². The summed E-state index contributed by atoms with van der Waals surface area (Å²) < 4.78 is 19.5. The molecule has 0 amide bonds. The molecule has 0 radical (unpaired) electrons. The lowest BCUT2D eigenvalue weighted by Gasteiger charge is -2.41. The summed E-state index contributed by atoms with van der Waals surface area (Å²) in [6.45, 7) is 11.9. The minimum atomic E-state index is -0.265. The number of guanidine groups is 1. The van der Waals surface area contributed by atoms with Crippen molar-refractivity contribution in [1.29, 1.82) is 0 Å². The van der Waals surface area contributed by atoms with Crippen LogP contribution in [0.1, 0.15) is 26.3 Å². The first-order valence-corrected chi connectivity index (χ1v) is 9.50. The van der Waals surface area contributed by atoms with Crippen molar-refractivity contribution in [2.24, 2.45) is 4.99 Å². The maximum absolute atomic E-state index is 13.6. The van der Waals surface area contributed by atoms with E-state index >= 15 is 0 Å². The van der Waals surface area contributed by atoms with E-state index in [2.05, 4.69) is 50.3 Å². The molecule has 1 fully saturated rings. The molecule has 1 aromatic carbocycles. The van der Waals surface area contributed by atoms with Crippen molar-refractivity contribution in [1.82, 2.24) is 15.5 Å². The number of benzene rings is 1. The first-order chi connectivity index (χ1) is 11.9. The number of nitrogens with zero attached hydrogens (tertiary/aromatic N) is 2. The smallest absolute Gasteiger partial charge is 0.191 e. The normalized spacial score (nSPS) is 16.1. The van der Waals surface area contributed by atoms with Gasteiger partial charge in [-0.3, -0.25) is 4.90 Å². The molecule has 8 heteroatoms. The summed E-state index contributed by atoms with van der Waals surface area (Å²) in [7, 11) is 0. The molecule has 0 aliphatic carbocycles. The molecule has 0 atom stereocenters. The molecule has 1 aromatic rings. The van der Waals surface area contributed by atoms with Crippen LogP contribution in [0.2, 0.25) is 0 Å². The monoisotopic (exact) mass is 542 g/mol. The highest BCUT2D eigenvalue weighted by Crippen LogP contribution is 2.17. The highest BCUT2D eigenvalue weighted by molar-refractivity contribution is 14.0. The van der Waals surface area contributed by atoms with E-state index in [1.165, 1.54) is 6.07 Å². The Morgan fingerprint density at radius 3 is 2.62 bits per heavy atom. The van der Waals surface area contributed by atoms with Crippen molar-refractivity contribution in [2.75, 3.05) is 39.4 Å². The summed E-state index contributed by atoms with van der Waals surface area (Å²) in [5, 5.41) is 6.65. The second-order valence-electron chi connectivity index (χ2n) is 6.71. The van der Waals surface area contributed by atoms with Gasteiger partial charge in [-0.25, -0.2) is 9.38 Å². The molecule has 0 spiro atoms. The molecule has 148 valence electrons. The maximum Gasteiger partial charge on any atom is 0.191 e. The second kappa shape index (κ2) is 11.4. The van der Waals surface area contributed by atoms with Crippen LogP contribution in [0.3, 0.4) is 0 Å². The zero-order valence-corrected chi connectivity index (χ0v) is 19.6. The van der Waals surface area contributed by atoms with E-state index in [1.807, 2.05) is 13.0 Å². The highest BCUT2D eigenvalue weighted by Gasteiger charge is 2.28. The van der Waals surface area contributed by atoms with Gasteiger partial charge >= 0.3 is 0 Å². The van der Waals surface area contributed by atoms with E-state index in [0.717, 1.165) is 50.9 Å². The fourth-order valence-corrected chi connectivity index (χ4v) is 2.98. The van der Waals surface area contributed by atoms with Crippen molar-refractivity contribution < 1.29 is 9.13 Å². The van der Waals surface area contributed by atoms with E-state index in [4.69, 9.17) is 4.74 Å². The second-order valence-corrected chi connectivity index (χ2v) is 7.56. The standard InChI is InChI=1S/C18H28BrFN4O.HI/c1-4-21-17(22-12-14-5-6-15(19)16(20)11-14)23-13-18(2,3)24-7-9-25-10-8-24;/h5-6,11H,4,7-10,12-13H2,1-3H3,(H2,21,22,23);1H. The molecular formula is C18H29BrFIN4O. The van der Waals surface area contributed by atoms with Crippen LogP contribution in [-0.4, -0.2) is 55.8 Å². The summed E-state index contributed by atoms with van der Waals surface area (Å²) in [5.41, 5.74) is 0.842. The van der Waals surface area contributed by atoms with Crippen LogP contribution in [-0.2, 0) is 11.3 Å². The SMILES string of the molecule is CCNC(=NCc1ccc(Br)c(F)c1)NCC(C)(C)N1CCOCC1.I. The molecule has 0 saturated carbocycles. The molecule has 0 aromatic heterocycles. The predicted octanol–water partition coefficient (Wildman–Crippen LogP) is 3.37. The third kappa shape index (κ3) is 7.28. The molecule has 1 aliphatic heterocycles. The van der Waals surface area contributed by atoms with E-state index in [9.17, 15) is 4.39 Å². The average molecular weight is 543 g/mol. The van der Waals surface area contributed by atoms with Gasteiger partial charge in [-0.2, -0.15) is 0 Å². The van der Waals surface area contributed by atoms with Gasteiger partial charge in [-0.1, -0.05) is 6.07 Å². The van der Waals surface area contributed by atoms with Gasteiger partial charge in [0.25, 0.3) is 0 Å². The van der Waals surface area contributed by atoms with Crippen LogP contribution >= 0.6 is 39.9 Å². The largest absolute Gasteiger partial charge is 0.379 e. The number of rotatable bonds is 6. The maximum atomic E-state index is 13.6. The number of morpholine rings is 1. The Kier molecular flexibility index (Phi) is 10.3. The fraction of sp³-hybridized carbons (Fsp3) is 0.611. The average Bonchev–Trinajstić information content (AvgIpc) is 2.61. The van der Waals surface area contributed by atoms with E-state index in [0.29, 0.717) is 11.0 Å². The highest BCUT2D eigenvalue weighted by atomic mass is 127. The first kappa shape index (κ1) is 23.6. The molecule has 1 saturated heterocycles. The number of hydrogen-bond acceptors (Lipinski definition) is 3. The van der Waals surface area contributed by atoms with Gasteiger partial charge in [0.2, 0.25) is 0 Å². The predicted molar refractivity (Wildman–Crippen MR) is 119 cm³/mol. The van der Waals surface area contributed by atoms with Crippen LogP contribution in [0.25, 0.3) is 0 Å². The minimum Gasteiger partial charge on any atom is -0.379 e. The molecule has 1 aliphatic rings. The summed E-state index contributed by atoms with van der Waals surface area (Å²) >= 11 is 3.17. The van der Waals surface area contributed by atoms with Gasteiger partial charge in [-0.05, 0) is 54.4 Å². The Morgan fingerprint density at radius 1 is 1.31 bits per heavy atom. The van der Waals surface area contributed by atoms with Gasteiger partial charge in [0.05, 0.1) is 24.2 Å². The molecule has 1 heterocycles. The van der Waals surface area contributed by atoms with Gasteiger partial charge < -0.3 is 15.4 Å². The lowest BCUT2D eigenvalue weighted by Crippen LogP contribution is -2.56. The minimum absolute atomic E-state index is 0. The summed E-state index contributed by atoms with van der Waals surface area (Å²) in [4.78, 5) is 7.00. The molecule has 2 N–H and O–H groups in total. The fourth-order valence-electron chi connectivity index (χ4n) is 2.73. The van der Waals surface area contributed by atoms with Crippen LogP contribution in [0.15, 0.2) is 27.7 Å². The number of halogens is 3. The molecule has 2 rings (SSSR count). The molecule has 26 heavy (non-hydrogen) atoms. The summed E-state index contributed by atoms with van der Waals surface area (Å²) in [5.74, 6) is 0.478. The van der Waals surface area contributed by atoms with Crippen molar-refractivity contribution in [3.63, 3.8) is 0 Å². The van der Waals surface area contributed by atoms with Gasteiger partial charge in [0, 0.05) is 31.7 Å². The molecule has 5 nitrogen and oxygen atoms in total. The quantitative estimate of drug-likeness (QED) is 0.329. The number of ether oxygens (including phenoxy) is 1. The zero-order chi connectivity index (χ0) is 18.3. The van der Waals surface area contributed by atoms with E-state index in [-0.39, 0.29) is 35.3 Å². The van der Waals surface area contributed by atoms with Crippen molar-refractivity contribution in [3.05, 3.63) is 34.1 Å². The molecular weight excluding hydrogens is 514 g/mol. The van der Waals surface area contributed by atoms with Crippen LogP contribution in [0.5, 0.6) is 0 Å². The van der Waals surface area contributed by atoms with Crippen LogP contribution in [0.4, 0.5) is 4.39 Å². The Labute approximate surface area is 181 Å². The Bertz CT molecular complexity index is 595. The van der Waals surface area contributed by atoms with Crippen molar-refractivity contribution in [2.45, 2.75) is 32.9 Å². The Morgan fingerprint density at radius 2 is 2.00 bits per heavy atom. The number of aliphatic imine (C=N–C) groups is 1. The Balaban J connectivity index is 0.00000338. The third-order valence-corrected chi connectivity index (χ3v) is 4.95. The van der Waals surface area contributed by atoms with Gasteiger partial charge in [0.15, 0.2) is 5.96 Å². The summed E-state index contributed by atoms with van der Waals surface area (Å²) in [6, 6.07) is 5.09. The Hall–Kier alpha value is -0.450. The first-order valence-electron chi connectivity index (χ1n) is 8.71. The van der Waals surface area contributed by atoms with E-state index in [1.54, 1.807) is 6.07 Å². The van der Waals surface area contributed by atoms with Crippen molar-refractivity contribution in [3.8, 4) is 0 Å². The van der Waals surface area contributed by atoms with E-state index < -0.39 is 0 Å². The topological polar surface area (TPSA) is 48.9 Å². The van der Waals surface area contributed by atoms with Crippen molar-refractivity contribution >= 4 is 45.9 Å². The third-order valence-electron chi connectivity index (χ3n) is 4.30. The van der Waals surface area contributed by atoms with Crippen LogP contribution in [0, 0.1) is 5.82 Å². The summed E-state index contributed by atoms with van der Waals surface area (Å²) in [6.07, 6.45) is 0. The number of nitrogens with one attached hydrogen (secondary N) is 2. The van der Waals surface area contributed by atoms with Crippen LogP contribution < -0.4 is 10.6 Å². The number of hydrogen-bond donors (Lipinski definition) is 2. The zero-order valence-electron chi connectivity index (χ0n) is 15.6. The molecule has 0 unspecified atom stereocenters. The lowest BCUT2D eigenvalue weighted by atomic mass is 10.0. The lowest BCUT2D eigenvalue weighted by molar-refractivity contribution is -0.00834. The molecule has 0 bridgehead atoms.